The lowest BCUT2D eigenvalue weighted by Gasteiger charge is -2.11. The lowest BCUT2D eigenvalue weighted by Crippen LogP contribution is -1.96. The lowest BCUT2D eigenvalue weighted by atomic mass is 9.96. The molecule has 0 aromatic heterocycles. The SMILES string of the molecule is C.CCCCC(C)C.CCCCC(C)C.CCCCC(C)CCCC(C)C. The fraction of sp³-hybridized carbons (Fsp3) is 1.00. The molecule has 0 aromatic carbocycles. The van der Waals surface area contributed by atoms with Crippen LogP contribution in [0.25, 0.3) is 0 Å². The molecule has 0 saturated carbocycles. The first-order valence-electron chi connectivity index (χ1n) is 12.2. The molecule has 27 heavy (non-hydrogen) atoms. The second-order valence-electron chi connectivity index (χ2n) is 9.64. The van der Waals surface area contributed by atoms with Gasteiger partial charge in [-0.1, -0.05) is 154 Å². The summed E-state index contributed by atoms with van der Waals surface area (Å²) in [6, 6.07) is 0. The average molecular weight is 387 g/mol. The first kappa shape index (κ1) is 34.5. The largest absolute Gasteiger partial charge is 0.0776 e. The van der Waals surface area contributed by atoms with Gasteiger partial charge in [0.25, 0.3) is 0 Å². The molecule has 0 saturated heterocycles. The molecule has 1 unspecified atom stereocenters. The Kier molecular flexibility index (Phi) is 36.1. The number of hydrogen-bond donors (Lipinski definition) is 0. The standard InChI is InChI=1S/C12H26.2C7H16.CH4/c1-5-6-9-12(4)10-7-8-11(2)3;2*1-4-5-6-7(2)3;/h11-12H,5-10H2,1-4H3;2*7H,4-6H2,1-3H3;1H4. The fourth-order valence-electron chi connectivity index (χ4n) is 2.80. The maximum atomic E-state index is 2.40. The van der Waals surface area contributed by atoms with E-state index in [1.165, 1.54) is 77.0 Å². The van der Waals surface area contributed by atoms with Gasteiger partial charge in [0.2, 0.25) is 0 Å². The zero-order valence-corrected chi connectivity index (χ0v) is 20.8. The van der Waals surface area contributed by atoms with E-state index in [-0.39, 0.29) is 7.43 Å². The van der Waals surface area contributed by atoms with Crippen molar-refractivity contribution >= 4 is 0 Å². The molecule has 0 amide bonds. The Morgan fingerprint density at radius 2 is 0.667 bits per heavy atom. The van der Waals surface area contributed by atoms with E-state index in [1.54, 1.807) is 0 Å². The smallest absolute Gasteiger partial charge is 0.0443 e. The van der Waals surface area contributed by atoms with Crippen LogP contribution < -0.4 is 0 Å². The van der Waals surface area contributed by atoms with Gasteiger partial charge >= 0.3 is 0 Å². The van der Waals surface area contributed by atoms with E-state index in [0.29, 0.717) is 0 Å². The highest BCUT2D eigenvalue weighted by Crippen LogP contribution is 2.17. The molecular weight excluding hydrogens is 324 g/mol. The third-order valence-electron chi connectivity index (χ3n) is 4.80. The van der Waals surface area contributed by atoms with Crippen molar-refractivity contribution in [3.8, 4) is 0 Å². The van der Waals surface area contributed by atoms with Gasteiger partial charge in [0.15, 0.2) is 0 Å². The maximum absolute atomic E-state index is 2.40. The van der Waals surface area contributed by atoms with Gasteiger partial charge in [-0.15, -0.1) is 0 Å². The van der Waals surface area contributed by atoms with Crippen LogP contribution in [0, 0.1) is 23.7 Å². The Balaban J connectivity index is -0.000000153. The third-order valence-corrected chi connectivity index (χ3v) is 4.80. The van der Waals surface area contributed by atoms with Crippen molar-refractivity contribution in [3.63, 3.8) is 0 Å². The van der Waals surface area contributed by atoms with E-state index in [0.717, 1.165) is 23.7 Å². The molecule has 0 aliphatic heterocycles. The molecule has 0 bridgehead atoms. The second-order valence-corrected chi connectivity index (χ2v) is 9.64. The zero-order chi connectivity index (χ0) is 20.8. The topological polar surface area (TPSA) is 0 Å². The first-order chi connectivity index (χ1) is 12.2. The Hall–Kier alpha value is 0. The highest BCUT2D eigenvalue weighted by Gasteiger charge is 2.01. The summed E-state index contributed by atoms with van der Waals surface area (Å²) < 4.78 is 0. The van der Waals surface area contributed by atoms with Crippen LogP contribution in [0.1, 0.15) is 154 Å². The van der Waals surface area contributed by atoms with Crippen LogP contribution in [0.5, 0.6) is 0 Å². The van der Waals surface area contributed by atoms with E-state index < -0.39 is 0 Å². The van der Waals surface area contributed by atoms with Gasteiger partial charge in [0.05, 0.1) is 0 Å². The summed E-state index contributed by atoms with van der Waals surface area (Å²) in [6.45, 7) is 22.9. The minimum Gasteiger partial charge on any atom is -0.0776 e. The summed E-state index contributed by atoms with van der Waals surface area (Å²) in [5.41, 5.74) is 0. The van der Waals surface area contributed by atoms with Crippen LogP contribution in [0.4, 0.5) is 0 Å². The summed E-state index contributed by atoms with van der Waals surface area (Å²) >= 11 is 0. The third kappa shape index (κ3) is 46.2. The predicted octanol–water partition coefficient (Wildman–Crippen LogP) is 10.9. The zero-order valence-electron chi connectivity index (χ0n) is 20.8. The summed E-state index contributed by atoms with van der Waals surface area (Å²) in [7, 11) is 0. The van der Waals surface area contributed by atoms with Crippen LogP contribution in [0.15, 0.2) is 0 Å². The van der Waals surface area contributed by atoms with Crippen molar-refractivity contribution in [1.82, 2.24) is 0 Å². The number of unbranched alkanes of at least 4 members (excludes halogenated alkanes) is 3. The highest BCUT2D eigenvalue weighted by atomic mass is 14.1. The van der Waals surface area contributed by atoms with Crippen LogP contribution in [0.3, 0.4) is 0 Å². The van der Waals surface area contributed by atoms with Crippen molar-refractivity contribution < 1.29 is 0 Å². The second kappa shape index (κ2) is 28.2. The maximum Gasteiger partial charge on any atom is -0.0443 e. The molecule has 0 nitrogen and oxygen atoms in total. The Morgan fingerprint density at radius 1 is 0.407 bits per heavy atom. The molecule has 0 aliphatic carbocycles. The van der Waals surface area contributed by atoms with Gasteiger partial charge in [-0.25, -0.2) is 0 Å². The van der Waals surface area contributed by atoms with Crippen molar-refractivity contribution in [2.75, 3.05) is 0 Å². The molecule has 0 radical (unpaired) electrons. The summed E-state index contributed by atoms with van der Waals surface area (Å²) in [4.78, 5) is 0. The first-order valence-corrected chi connectivity index (χ1v) is 12.2. The normalized spacial score (nSPS) is 11.4. The molecule has 170 valence electrons. The van der Waals surface area contributed by atoms with Gasteiger partial charge < -0.3 is 0 Å². The summed E-state index contributed by atoms with van der Waals surface area (Å²) in [6.07, 6.45) is 16.8. The van der Waals surface area contributed by atoms with E-state index in [1.807, 2.05) is 0 Å². The summed E-state index contributed by atoms with van der Waals surface area (Å²) in [5.74, 6) is 3.66. The molecular formula is C27H62. The van der Waals surface area contributed by atoms with Gasteiger partial charge in [-0.05, 0) is 23.7 Å². The van der Waals surface area contributed by atoms with Gasteiger partial charge in [-0.3, -0.25) is 0 Å². The molecule has 0 heterocycles. The monoisotopic (exact) mass is 386 g/mol. The van der Waals surface area contributed by atoms with Crippen molar-refractivity contribution in [3.05, 3.63) is 0 Å². The van der Waals surface area contributed by atoms with Crippen LogP contribution >= 0.6 is 0 Å². The predicted molar refractivity (Wildman–Crippen MR) is 133 cm³/mol. The summed E-state index contributed by atoms with van der Waals surface area (Å²) in [5, 5.41) is 0. The molecule has 0 fully saturated rings. The molecule has 0 heteroatoms. The average Bonchev–Trinajstić information content (AvgIpc) is 2.57. The van der Waals surface area contributed by atoms with Crippen molar-refractivity contribution in [2.45, 2.75) is 154 Å². The lowest BCUT2D eigenvalue weighted by molar-refractivity contribution is 0.425. The minimum atomic E-state index is 0. The molecule has 0 aromatic rings. The van der Waals surface area contributed by atoms with Crippen LogP contribution in [-0.2, 0) is 0 Å². The molecule has 1 atom stereocenters. The van der Waals surface area contributed by atoms with Gasteiger partial charge in [0.1, 0.15) is 0 Å². The minimum absolute atomic E-state index is 0. The van der Waals surface area contributed by atoms with Crippen molar-refractivity contribution in [2.24, 2.45) is 23.7 Å². The van der Waals surface area contributed by atoms with Gasteiger partial charge in [-0.2, -0.15) is 0 Å². The molecule has 0 aliphatic rings. The highest BCUT2D eigenvalue weighted by molar-refractivity contribution is 4.55. The van der Waals surface area contributed by atoms with Crippen LogP contribution in [0.2, 0.25) is 0 Å². The Bertz CT molecular complexity index is 202. The van der Waals surface area contributed by atoms with E-state index >= 15 is 0 Å². The number of hydrogen-bond acceptors (Lipinski definition) is 0. The molecule has 0 rings (SSSR count). The Labute approximate surface area is 177 Å². The molecule has 0 N–H and O–H groups in total. The van der Waals surface area contributed by atoms with Crippen LogP contribution in [-0.4, -0.2) is 0 Å². The van der Waals surface area contributed by atoms with E-state index in [2.05, 4.69) is 69.2 Å². The van der Waals surface area contributed by atoms with E-state index in [4.69, 9.17) is 0 Å². The quantitative estimate of drug-likeness (QED) is 0.295. The molecule has 0 spiro atoms. The fourth-order valence-corrected chi connectivity index (χ4v) is 2.80. The Morgan fingerprint density at radius 3 is 0.926 bits per heavy atom. The van der Waals surface area contributed by atoms with E-state index in [9.17, 15) is 0 Å². The van der Waals surface area contributed by atoms with Crippen molar-refractivity contribution in [1.29, 1.82) is 0 Å². The number of rotatable bonds is 13. The van der Waals surface area contributed by atoms with Gasteiger partial charge in [0, 0.05) is 0 Å².